The summed E-state index contributed by atoms with van der Waals surface area (Å²) in [6.45, 7) is 13.4. The topological polar surface area (TPSA) is 30.0 Å². The van der Waals surface area contributed by atoms with Crippen LogP contribution in [0.15, 0.2) is 12.1 Å². The van der Waals surface area contributed by atoms with Gasteiger partial charge >= 0.3 is 31.1 Å². The van der Waals surface area contributed by atoms with Crippen molar-refractivity contribution in [2.24, 2.45) is 0 Å². The Hall–Kier alpha value is -0.558. The first-order valence-electron chi connectivity index (χ1n) is 6.17. The van der Waals surface area contributed by atoms with Crippen LogP contribution < -0.4 is 0 Å². The summed E-state index contributed by atoms with van der Waals surface area (Å²) in [7, 11) is 0. The van der Waals surface area contributed by atoms with E-state index < -0.39 is 0 Å². The van der Waals surface area contributed by atoms with E-state index in [2.05, 4.69) is 18.8 Å². The van der Waals surface area contributed by atoms with Crippen LogP contribution in [0.2, 0.25) is 0 Å². The Morgan fingerprint density at radius 1 is 1.30 bits per heavy atom. The quantitative estimate of drug-likeness (QED) is 0.459. The maximum atomic E-state index is 11.7. The van der Waals surface area contributed by atoms with Gasteiger partial charge in [-0.05, 0) is 38.0 Å². The Kier molecular flexibility index (Phi) is 6.07. The van der Waals surface area contributed by atoms with E-state index in [0.717, 1.165) is 37.8 Å². The third-order valence-corrected chi connectivity index (χ3v) is 4.18. The van der Waals surface area contributed by atoms with Gasteiger partial charge in [0.2, 0.25) is 0 Å². The van der Waals surface area contributed by atoms with Gasteiger partial charge < -0.3 is 11.9 Å². The molecule has 1 heterocycles. The first kappa shape index (κ1) is 17.5. The molecule has 0 fully saturated rings. The average Bonchev–Trinajstić information content (AvgIpc) is 2.69. The number of rotatable bonds is 3. The minimum absolute atomic E-state index is 0. The van der Waals surface area contributed by atoms with Crippen molar-refractivity contribution >= 4 is 17.1 Å². The van der Waals surface area contributed by atoms with Crippen LogP contribution in [0.5, 0.6) is 0 Å². The molecule has 2 aromatic rings. The molecule has 4 heteroatoms. The number of aryl methyl sites for hydroxylation is 2. The number of aromatic nitrogens is 1. The van der Waals surface area contributed by atoms with E-state index in [9.17, 15) is 4.79 Å². The third kappa shape index (κ3) is 3.36. The van der Waals surface area contributed by atoms with Crippen LogP contribution in [-0.2, 0) is 6.42 Å². The fourth-order valence-electron chi connectivity index (χ4n) is 2.16. The minimum Gasteiger partial charge on any atom is -0.354 e. The van der Waals surface area contributed by atoms with Gasteiger partial charge in [0.05, 0.1) is 0 Å². The molecule has 0 saturated heterocycles. The van der Waals surface area contributed by atoms with Crippen molar-refractivity contribution in [3.05, 3.63) is 53.2 Å². The van der Waals surface area contributed by atoms with Crippen LogP contribution in [0, 0.1) is 58.8 Å². The van der Waals surface area contributed by atoms with Crippen molar-refractivity contribution in [1.29, 1.82) is 0 Å². The van der Waals surface area contributed by atoms with Gasteiger partial charge in [-0.15, -0.1) is 10.6 Å². The van der Waals surface area contributed by atoms with Crippen LogP contribution in [-0.4, -0.2) is 10.8 Å². The summed E-state index contributed by atoms with van der Waals surface area (Å²) in [5.74, 6) is 0.0857. The number of hydrogen-bond donors (Lipinski definition) is 0. The summed E-state index contributed by atoms with van der Waals surface area (Å²) in [4.78, 5) is 17.2. The Bertz CT molecular complexity index is 646. The summed E-state index contributed by atoms with van der Waals surface area (Å²) in [6.07, 6.45) is 0.639. The zero-order valence-electron chi connectivity index (χ0n) is 12.0. The molecule has 2 nitrogen and oxygen atoms in total. The standard InChI is InChI=1S/C16H17NOS.U/c1-6-15-12(5)19-16(17-15)14-8-13(11(4)18)9(2)7-10(14)3;/h7-8H,1,5-6H2,2-4H3;/q-2;+2. The fraction of sp³-hybridized carbons (Fsp3) is 0.250. The zero-order valence-corrected chi connectivity index (χ0v) is 17.0. The predicted octanol–water partition coefficient (Wildman–Crippen LogP) is 4.19. The second-order valence-corrected chi connectivity index (χ2v) is 5.76. The van der Waals surface area contributed by atoms with Gasteiger partial charge in [0.25, 0.3) is 0 Å². The van der Waals surface area contributed by atoms with Gasteiger partial charge in [-0.1, -0.05) is 6.07 Å². The Morgan fingerprint density at radius 2 is 1.95 bits per heavy atom. The fourth-order valence-corrected chi connectivity index (χ4v) is 3.14. The van der Waals surface area contributed by atoms with Gasteiger partial charge in [0, 0.05) is 11.1 Å². The number of carbonyl (C=O) groups excluding carboxylic acids is 1. The van der Waals surface area contributed by atoms with E-state index in [4.69, 9.17) is 0 Å². The molecule has 102 valence electrons. The van der Waals surface area contributed by atoms with E-state index in [1.165, 1.54) is 0 Å². The number of hydrogen-bond acceptors (Lipinski definition) is 3. The summed E-state index contributed by atoms with van der Waals surface area (Å²) in [5, 5.41) is 0.920. The van der Waals surface area contributed by atoms with E-state index in [1.807, 2.05) is 26.0 Å². The summed E-state index contributed by atoms with van der Waals surface area (Å²) in [5.41, 5.74) is 4.86. The van der Waals surface area contributed by atoms with Crippen molar-refractivity contribution in [2.45, 2.75) is 27.2 Å². The smallest absolute Gasteiger partial charge is 0.354 e. The van der Waals surface area contributed by atoms with E-state index in [0.29, 0.717) is 6.42 Å². The van der Waals surface area contributed by atoms with Crippen LogP contribution in [0.25, 0.3) is 10.6 Å². The largest absolute Gasteiger partial charge is 2.00 e. The molecule has 1 aromatic heterocycles. The molecule has 0 N–H and O–H groups in total. The SMILES string of the molecule is [CH2-]Cc1nc(-c2cc(C(C)=O)c(C)cc2C)sc1[CH2-].[U+2]. The molecule has 2 rings (SSSR count). The molecule has 0 saturated carbocycles. The molecule has 0 bridgehead atoms. The molecule has 0 amide bonds. The molecule has 0 radical (unpaired) electrons. The normalized spacial score (nSPS) is 10.2. The van der Waals surface area contributed by atoms with Crippen molar-refractivity contribution in [3.8, 4) is 10.6 Å². The van der Waals surface area contributed by atoms with Gasteiger partial charge in [-0.2, -0.15) is 11.3 Å². The first-order valence-corrected chi connectivity index (χ1v) is 6.99. The van der Waals surface area contributed by atoms with E-state index in [-0.39, 0.29) is 36.9 Å². The van der Waals surface area contributed by atoms with Crippen LogP contribution in [0.1, 0.15) is 39.0 Å². The first-order chi connectivity index (χ1) is 8.93. The molecule has 0 aliphatic rings. The van der Waals surface area contributed by atoms with Crippen molar-refractivity contribution in [1.82, 2.24) is 4.98 Å². The van der Waals surface area contributed by atoms with Gasteiger partial charge in [0.15, 0.2) is 5.78 Å². The number of Topliss-reactive ketones (excluding diaryl/α,β-unsaturated/α-hetero) is 1. The molecule has 0 aliphatic heterocycles. The molecular formula is C16H17NOSU. The Morgan fingerprint density at radius 3 is 2.45 bits per heavy atom. The van der Waals surface area contributed by atoms with E-state index in [1.54, 1.807) is 18.3 Å². The Labute approximate surface area is 148 Å². The third-order valence-electron chi connectivity index (χ3n) is 3.20. The van der Waals surface area contributed by atoms with Crippen LogP contribution in [0.4, 0.5) is 0 Å². The van der Waals surface area contributed by atoms with Gasteiger partial charge in [-0.3, -0.25) is 4.79 Å². The van der Waals surface area contributed by atoms with Gasteiger partial charge in [0.1, 0.15) is 5.01 Å². The maximum Gasteiger partial charge on any atom is 2.00 e. The zero-order chi connectivity index (χ0) is 14.2. The number of carbonyl (C=O) groups is 1. The van der Waals surface area contributed by atoms with Crippen LogP contribution >= 0.6 is 11.3 Å². The number of ketones is 1. The second kappa shape index (κ2) is 6.94. The number of benzene rings is 1. The maximum absolute atomic E-state index is 11.7. The van der Waals surface area contributed by atoms with E-state index >= 15 is 0 Å². The second-order valence-electron chi connectivity index (χ2n) is 4.68. The monoisotopic (exact) mass is 509 g/mol. The van der Waals surface area contributed by atoms with Gasteiger partial charge in [-0.25, -0.2) is 13.3 Å². The molecule has 0 unspecified atom stereocenters. The molecule has 20 heavy (non-hydrogen) atoms. The number of thiazole rings is 1. The molecule has 0 aliphatic carbocycles. The predicted molar refractivity (Wildman–Crippen MR) is 80.5 cm³/mol. The summed E-state index contributed by atoms with van der Waals surface area (Å²) >= 11 is 1.56. The van der Waals surface area contributed by atoms with Crippen molar-refractivity contribution < 1.29 is 35.9 Å². The van der Waals surface area contributed by atoms with Crippen molar-refractivity contribution in [2.75, 3.05) is 0 Å². The molecule has 0 spiro atoms. The molecular weight excluding hydrogens is 492 g/mol. The summed E-state index contributed by atoms with van der Waals surface area (Å²) < 4.78 is 0. The molecule has 0 atom stereocenters. The number of nitrogens with zero attached hydrogens (tertiary/aromatic N) is 1. The minimum atomic E-state index is 0. The molecule has 1 aromatic carbocycles. The van der Waals surface area contributed by atoms with Crippen LogP contribution in [0.3, 0.4) is 0 Å². The summed E-state index contributed by atoms with van der Waals surface area (Å²) in [6, 6.07) is 3.98. The Balaban J connectivity index is 0.00000200. The van der Waals surface area contributed by atoms with Crippen molar-refractivity contribution in [3.63, 3.8) is 0 Å². The average molecular weight is 509 g/mol.